The van der Waals surface area contributed by atoms with Crippen LogP contribution in [0.15, 0.2) is 59.4 Å². The number of nitrogens with one attached hydrogen (secondary N) is 2. The Hall–Kier alpha value is -2.18. The van der Waals surface area contributed by atoms with E-state index in [9.17, 15) is 9.59 Å². The maximum atomic E-state index is 12.6. The highest BCUT2D eigenvalue weighted by molar-refractivity contribution is 8.19. The Morgan fingerprint density at radius 1 is 1.04 bits per heavy atom. The van der Waals surface area contributed by atoms with Crippen molar-refractivity contribution in [1.29, 1.82) is 0 Å². The second-order valence-electron chi connectivity index (χ2n) is 5.75. The number of hydrogen-bond acceptors (Lipinski definition) is 4. The van der Waals surface area contributed by atoms with E-state index in [1.165, 1.54) is 5.56 Å². The molecule has 0 unspecified atom stereocenters. The van der Waals surface area contributed by atoms with Crippen molar-refractivity contribution in [1.82, 2.24) is 4.98 Å². The van der Waals surface area contributed by atoms with Gasteiger partial charge in [0.05, 0.1) is 4.58 Å². The fraction of sp³-hybridized carbons (Fsp3) is 0.158. The highest BCUT2D eigenvalue weighted by Gasteiger charge is 2.19. The SMILES string of the molecule is O=C(Nc1cccc(C2SCCS2)c1)c1cc2ccccc2[nH]c1=O. The van der Waals surface area contributed by atoms with E-state index in [1.54, 1.807) is 6.07 Å². The van der Waals surface area contributed by atoms with Gasteiger partial charge in [0, 0.05) is 22.7 Å². The van der Waals surface area contributed by atoms with Crippen molar-refractivity contribution < 1.29 is 4.79 Å². The Kier molecular flexibility index (Phi) is 4.55. The summed E-state index contributed by atoms with van der Waals surface area (Å²) in [4.78, 5) is 27.5. The number of aromatic nitrogens is 1. The smallest absolute Gasteiger partial charge is 0.261 e. The van der Waals surface area contributed by atoms with Gasteiger partial charge >= 0.3 is 0 Å². The summed E-state index contributed by atoms with van der Waals surface area (Å²) < 4.78 is 0.418. The van der Waals surface area contributed by atoms with Gasteiger partial charge < -0.3 is 10.3 Å². The lowest BCUT2D eigenvalue weighted by atomic mass is 10.1. The number of benzene rings is 2. The molecule has 1 aliphatic heterocycles. The molecule has 25 heavy (non-hydrogen) atoms. The molecule has 1 aromatic heterocycles. The third-order valence-corrected chi connectivity index (χ3v) is 7.14. The van der Waals surface area contributed by atoms with Crippen LogP contribution in [0.3, 0.4) is 0 Å². The lowest BCUT2D eigenvalue weighted by Crippen LogP contribution is -2.23. The van der Waals surface area contributed by atoms with Crippen LogP contribution >= 0.6 is 23.5 Å². The largest absolute Gasteiger partial charge is 0.322 e. The maximum Gasteiger partial charge on any atom is 0.261 e. The van der Waals surface area contributed by atoms with Gasteiger partial charge in [-0.05, 0) is 35.2 Å². The number of H-pyrrole nitrogens is 1. The maximum absolute atomic E-state index is 12.6. The molecule has 3 aromatic rings. The Balaban J connectivity index is 1.61. The van der Waals surface area contributed by atoms with Crippen molar-refractivity contribution in [2.45, 2.75) is 4.58 Å². The molecule has 0 spiro atoms. The second-order valence-corrected chi connectivity index (χ2v) is 8.48. The molecule has 0 bridgehead atoms. The van der Waals surface area contributed by atoms with Gasteiger partial charge in [0.1, 0.15) is 5.56 Å². The number of hydrogen-bond donors (Lipinski definition) is 2. The Bertz CT molecular complexity index is 994. The first-order valence-electron chi connectivity index (χ1n) is 7.97. The summed E-state index contributed by atoms with van der Waals surface area (Å²) in [6.07, 6.45) is 0. The molecule has 0 atom stereocenters. The molecule has 126 valence electrons. The molecule has 4 rings (SSSR count). The summed E-state index contributed by atoms with van der Waals surface area (Å²) in [7, 11) is 0. The van der Waals surface area contributed by atoms with E-state index in [2.05, 4.69) is 16.4 Å². The van der Waals surface area contributed by atoms with Crippen molar-refractivity contribution in [3.05, 3.63) is 76.1 Å². The van der Waals surface area contributed by atoms with E-state index in [1.807, 2.05) is 66.0 Å². The summed E-state index contributed by atoms with van der Waals surface area (Å²) in [5, 5.41) is 3.68. The zero-order chi connectivity index (χ0) is 17.2. The number of anilines is 1. The van der Waals surface area contributed by atoms with Gasteiger partial charge in [-0.1, -0.05) is 30.3 Å². The summed E-state index contributed by atoms with van der Waals surface area (Å²) in [6, 6.07) is 16.9. The molecular weight excluding hydrogens is 352 g/mol. The number of amides is 1. The van der Waals surface area contributed by atoms with E-state index in [-0.39, 0.29) is 11.1 Å². The average molecular weight is 368 g/mol. The Labute approximate surface area is 153 Å². The molecule has 1 amide bonds. The highest BCUT2D eigenvalue weighted by atomic mass is 32.2. The van der Waals surface area contributed by atoms with Crippen molar-refractivity contribution in [2.75, 3.05) is 16.8 Å². The number of carbonyl (C=O) groups excluding carboxylic acids is 1. The van der Waals surface area contributed by atoms with Crippen LogP contribution in [0.5, 0.6) is 0 Å². The molecule has 4 nitrogen and oxygen atoms in total. The van der Waals surface area contributed by atoms with Crippen molar-refractivity contribution in [3.63, 3.8) is 0 Å². The fourth-order valence-corrected chi connectivity index (χ4v) is 5.67. The summed E-state index contributed by atoms with van der Waals surface area (Å²) in [5.74, 6) is 1.91. The Morgan fingerprint density at radius 2 is 1.84 bits per heavy atom. The molecular formula is C19H16N2O2S2. The highest BCUT2D eigenvalue weighted by Crippen LogP contribution is 2.45. The number of fused-ring (bicyclic) bond motifs is 1. The van der Waals surface area contributed by atoms with Gasteiger partial charge in [0.25, 0.3) is 11.5 Å². The zero-order valence-electron chi connectivity index (χ0n) is 13.3. The molecule has 1 aliphatic rings. The van der Waals surface area contributed by atoms with E-state index in [0.717, 1.165) is 22.4 Å². The number of pyridine rings is 1. The lowest BCUT2D eigenvalue weighted by Gasteiger charge is -2.11. The van der Waals surface area contributed by atoms with E-state index in [0.29, 0.717) is 10.3 Å². The van der Waals surface area contributed by atoms with Crippen LogP contribution in [-0.2, 0) is 0 Å². The van der Waals surface area contributed by atoms with Crippen LogP contribution in [0.4, 0.5) is 5.69 Å². The topological polar surface area (TPSA) is 62.0 Å². The second kappa shape index (κ2) is 6.98. The van der Waals surface area contributed by atoms with Gasteiger partial charge in [0.2, 0.25) is 0 Å². The molecule has 2 heterocycles. The van der Waals surface area contributed by atoms with Crippen LogP contribution in [-0.4, -0.2) is 22.4 Å². The monoisotopic (exact) mass is 368 g/mol. The third kappa shape index (κ3) is 3.45. The molecule has 0 saturated carbocycles. The van der Waals surface area contributed by atoms with Gasteiger partial charge in [0.15, 0.2) is 0 Å². The van der Waals surface area contributed by atoms with Crippen molar-refractivity contribution >= 4 is 46.0 Å². The van der Waals surface area contributed by atoms with Crippen LogP contribution in [0, 0.1) is 0 Å². The molecule has 0 radical (unpaired) electrons. The first-order valence-corrected chi connectivity index (χ1v) is 10.1. The minimum atomic E-state index is -0.393. The fourth-order valence-electron chi connectivity index (χ4n) is 2.83. The summed E-state index contributed by atoms with van der Waals surface area (Å²) in [6.45, 7) is 0. The standard InChI is InChI=1S/C19H16N2O2S2/c22-17(15-11-12-4-1-2-7-16(12)21-18(15)23)20-14-6-3-5-13(10-14)19-24-8-9-25-19/h1-7,10-11,19H,8-9H2,(H,20,22)(H,21,23). The van der Waals surface area contributed by atoms with Gasteiger partial charge in [-0.2, -0.15) is 0 Å². The predicted molar refractivity (Wildman–Crippen MR) is 107 cm³/mol. The number of aromatic amines is 1. The van der Waals surface area contributed by atoms with Crippen molar-refractivity contribution in [3.8, 4) is 0 Å². The molecule has 1 saturated heterocycles. The third-order valence-electron chi connectivity index (χ3n) is 4.04. The number of para-hydroxylation sites is 1. The summed E-state index contributed by atoms with van der Waals surface area (Å²) in [5.41, 5.74) is 2.37. The summed E-state index contributed by atoms with van der Waals surface area (Å²) >= 11 is 3.84. The molecule has 0 aliphatic carbocycles. The zero-order valence-corrected chi connectivity index (χ0v) is 15.0. The van der Waals surface area contributed by atoms with E-state index in [4.69, 9.17) is 0 Å². The van der Waals surface area contributed by atoms with Crippen LogP contribution in [0.1, 0.15) is 20.5 Å². The van der Waals surface area contributed by atoms with Crippen LogP contribution in [0.2, 0.25) is 0 Å². The first-order chi connectivity index (χ1) is 12.2. The minimum absolute atomic E-state index is 0.119. The van der Waals surface area contributed by atoms with Crippen LogP contribution in [0.25, 0.3) is 10.9 Å². The normalized spacial score (nSPS) is 14.7. The molecule has 2 N–H and O–H groups in total. The number of carbonyl (C=O) groups is 1. The quantitative estimate of drug-likeness (QED) is 0.725. The predicted octanol–water partition coefficient (Wildman–Crippen LogP) is 4.26. The van der Waals surface area contributed by atoms with E-state index >= 15 is 0 Å². The minimum Gasteiger partial charge on any atom is -0.322 e. The average Bonchev–Trinajstić information content (AvgIpc) is 3.16. The van der Waals surface area contributed by atoms with Crippen molar-refractivity contribution in [2.24, 2.45) is 0 Å². The first kappa shape index (κ1) is 16.3. The van der Waals surface area contributed by atoms with Gasteiger partial charge in [-0.3, -0.25) is 9.59 Å². The number of rotatable bonds is 3. The molecule has 6 heteroatoms. The number of thioether (sulfide) groups is 2. The Morgan fingerprint density at radius 3 is 2.68 bits per heavy atom. The lowest BCUT2D eigenvalue weighted by molar-refractivity contribution is 0.102. The van der Waals surface area contributed by atoms with Crippen LogP contribution < -0.4 is 10.9 Å². The molecule has 1 fully saturated rings. The van der Waals surface area contributed by atoms with Gasteiger partial charge in [-0.25, -0.2) is 0 Å². The van der Waals surface area contributed by atoms with Gasteiger partial charge in [-0.15, -0.1) is 23.5 Å². The van der Waals surface area contributed by atoms with E-state index < -0.39 is 5.91 Å². The molecule has 2 aromatic carbocycles.